The largest absolute Gasteiger partial charge is 0.316 e. The molecule has 2 aromatic rings. The average molecular weight is 348 g/mol. The number of anilines is 1. The number of carbonyl (C=O) groups is 1. The molecule has 1 aromatic carbocycles. The van der Waals surface area contributed by atoms with E-state index in [4.69, 9.17) is 11.6 Å². The summed E-state index contributed by atoms with van der Waals surface area (Å²) in [4.78, 5) is 15.5. The highest BCUT2D eigenvalue weighted by Gasteiger charge is 2.15. The number of carbonyl (C=O) groups excluding carboxylic acids is 1. The molecule has 3 nitrogen and oxygen atoms in total. The predicted octanol–water partition coefficient (Wildman–Crippen LogP) is 4.03. The second kappa shape index (κ2) is 5.63. The van der Waals surface area contributed by atoms with E-state index in [0.717, 1.165) is 12.1 Å². The summed E-state index contributed by atoms with van der Waals surface area (Å²) in [5.41, 5.74) is -0.566. The van der Waals surface area contributed by atoms with Crippen LogP contribution in [-0.2, 0) is 0 Å². The Kier molecular flexibility index (Phi) is 4.11. The van der Waals surface area contributed by atoms with Crippen LogP contribution in [0.15, 0.2) is 34.9 Å². The second-order valence-electron chi connectivity index (χ2n) is 3.56. The van der Waals surface area contributed by atoms with Gasteiger partial charge >= 0.3 is 0 Å². The maximum absolute atomic E-state index is 13.5. The summed E-state index contributed by atoms with van der Waals surface area (Å²) in [5, 5.41) is 2.42. The third kappa shape index (κ3) is 3.27. The smallest absolute Gasteiger partial charge is 0.274 e. The summed E-state index contributed by atoms with van der Waals surface area (Å²) in [5.74, 6) is -2.52. The highest BCUT2D eigenvalue weighted by atomic mass is 79.9. The van der Waals surface area contributed by atoms with Gasteiger partial charge in [-0.05, 0) is 24.3 Å². The lowest BCUT2D eigenvalue weighted by Gasteiger charge is -2.07. The minimum Gasteiger partial charge on any atom is -0.316 e. The zero-order chi connectivity index (χ0) is 14.0. The Hall–Kier alpha value is -1.53. The van der Waals surface area contributed by atoms with Crippen LogP contribution < -0.4 is 5.32 Å². The molecule has 0 aliphatic carbocycles. The monoisotopic (exact) mass is 346 g/mol. The molecule has 2 rings (SSSR count). The molecule has 1 N–H and O–H groups in total. The van der Waals surface area contributed by atoms with Crippen molar-refractivity contribution < 1.29 is 13.6 Å². The van der Waals surface area contributed by atoms with Crippen LogP contribution in [0.25, 0.3) is 0 Å². The van der Waals surface area contributed by atoms with Gasteiger partial charge in [-0.3, -0.25) is 9.78 Å². The third-order valence-electron chi connectivity index (χ3n) is 2.20. The van der Waals surface area contributed by atoms with E-state index in [1.165, 1.54) is 18.3 Å². The van der Waals surface area contributed by atoms with Gasteiger partial charge in [-0.25, -0.2) is 8.78 Å². The van der Waals surface area contributed by atoms with E-state index in [1.807, 2.05) is 0 Å². The van der Waals surface area contributed by atoms with Crippen LogP contribution in [0.4, 0.5) is 14.5 Å². The summed E-state index contributed by atoms with van der Waals surface area (Å²) in [6.45, 7) is 0. The van der Waals surface area contributed by atoms with Crippen molar-refractivity contribution >= 4 is 39.1 Å². The van der Waals surface area contributed by atoms with E-state index in [2.05, 4.69) is 26.2 Å². The van der Waals surface area contributed by atoms with Crippen molar-refractivity contribution in [1.82, 2.24) is 4.98 Å². The Bertz CT molecular complexity index is 628. The van der Waals surface area contributed by atoms with Crippen molar-refractivity contribution in [3.8, 4) is 0 Å². The van der Waals surface area contributed by atoms with Gasteiger partial charge in [0.2, 0.25) is 0 Å². The molecule has 0 aliphatic heterocycles. The van der Waals surface area contributed by atoms with E-state index >= 15 is 0 Å². The van der Waals surface area contributed by atoms with Crippen molar-refractivity contribution in [2.45, 2.75) is 0 Å². The topological polar surface area (TPSA) is 42.0 Å². The van der Waals surface area contributed by atoms with Gasteiger partial charge in [-0.1, -0.05) is 27.5 Å². The number of rotatable bonds is 2. The van der Waals surface area contributed by atoms with Gasteiger partial charge in [0.1, 0.15) is 11.4 Å². The molecule has 0 saturated carbocycles. The maximum Gasteiger partial charge on any atom is 0.274 e. The fraction of sp³-hybridized carbons (Fsp3) is 0. The highest BCUT2D eigenvalue weighted by molar-refractivity contribution is 9.10. The van der Waals surface area contributed by atoms with Crippen LogP contribution in [0.3, 0.4) is 0 Å². The van der Waals surface area contributed by atoms with Crippen LogP contribution in [0, 0.1) is 11.6 Å². The van der Waals surface area contributed by atoms with Gasteiger partial charge in [0.25, 0.3) is 5.91 Å². The zero-order valence-corrected chi connectivity index (χ0v) is 11.6. The van der Waals surface area contributed by atoms with Crippen LogP contribution in [-0.4, -0.2) is 10.9 Å². The van der Waals surface area contributed by atoms with E-state index in [1.54, 1.807) is 0 Å². The Morgan fingerprint density at radius 2 is 1.89 bits per heavy atom. The summed E-state index contributed by atoms with van der Waals surface area (Å²) in [7, 11) is 0. The van der Waals surface area contributed by atoms with Crippen LogP contribution in [0.5, 0.6) is 0 Å². The molecule has 0 unspecified atom stereocenters. The predicted molar refractivity (Wildman–Crippen MR) is 71.3 cm³/mol. The molecule has 0 bridgehead atoms. The van der Waals surface area contributed by atoms with Crippen LogP contribution in [0.1, 0.15) is 10.5 Å². The fourth-order valence-electron chi connectivity index (χ4n) is 1.37. The molecule has 0 atom stereocenters. The number of halogens is 4. The lowest BCUT2D eigenvalue weighted by atomic mass is 10.2. The molecule has 0 fully saturated rings. The molecule has 1 amide bonds. The Balaban J connectivity index is 2.29. The summed E-state index contributed by atoms with van der Waals surface area (Å²) >= 11 is 8.65. The fourth-order valence-corrected chi connectivity index (χ4v) is 1.93. The van der Waals surface area contributed by atoms with Gasteiger partial charge in [0.05, 0.1) is 0 Å². The summed E-state index contributed by atoms with van der Waals surface area (Å²) in [6.07, 6.45) is 1.32. The molecule has 7 heteroatoms. The number of amides is 1. The van der Waals surface area contributed by atoms with Gasteiger partial charge in [0, 0.05) is 15.7 Å². The van der Waals surface area contributed by atoms with E-state index in [0.29, 0.717) is 5.02 Å². The van der Waals surface area contributed by atoms with E-state index in [9.17, 15) is 13.6 Å². The molecule has 19 heavy (non-hydrogen) atoms. The molecule has 1 heterocycles. The van der Waals surface area contributed by atoms with Crippen LogP contribution >= 0.6 is 27.5 Å². The summed E-state index contributed by atoms with van der Waals surface area (Å²) in [6, 6.07) is 4.87. The van der Waals surface area contributed by atoms with Crippen LogP contribution in [0.2, 0.25) is 5.02 Å². The minimum atomic E-state index is -0.887. The third-order valence-corrected chi connectivity index (χ3v) is 2.89. The number of nitrogens with zero attached hydrogens (tertiary/aromatic N) is 1. The quantitative estimate of drug-likeness (QED) is 0.891. The lowest BCUT2D eigenvalue weighted by Crippen LogP contribution is -2.15. The summed E-state index contributed by atoms with van der Waals surface area (Å²) < 4.78 is 27.3. The van der Waals surface area contributed by atoms with Gasteiger partial charge in [-0.2, -0.15) is 0 Å². The standard InChI is InChI=1S/C12H6BrClF2N2O/c13-6-3-8(15)11(9(16)4-6)18-12(19)10-5-7(14)1-2-17-10/h1-5H,(H,18,19). The Morgan fingerprint density at radius 1 is 1.26 bits per heavy atom. The molecular formula is C12H6BrClF2N2O. The van der Waals surface area contributed by atoms with Crippen molar-refractivity contribution in [2.75, 3.05) is 5.32 Å². The first-order chi connectivity index (χ1) is 8.97. The molecule has 0 radical (unpaired) electrons. The SMILES string of the molecule is O=C(Nc1c(F)cc(Br)cc1F)c1cc(Cl)ccn1. The molecule has 98 valence electrons. The molecule has 1 aromatic heterocycles. The van der Waals surface area contributed by atoms with Gasteiger partial charge in [0.15, 0.2) is 11.6 Å². The lowest BCUT2D eigenvalue weighted by molar-refractivity contribution is 0.102. The first kappa shape index (κ1) is 13.9. The highest BCUT2D eigenvalue weighted by Crippen LogP contribution is 2.24. The van der Waals surface area contributed by atoms with Crippen molar-refractivity contribution in [2.24, 2.45) is 0 Å². The van der Waals surface area contributed by atoms with Crippen molar-refractivity contribution in [1.29, 1.82) is 0 Å². The second-order valence-corrected chi connectivity index (χ2v) is 4.91. The van der Waals surface area contributed by atoms with Crippen molar-refractivity contribution in [3.05, 3.63) is 57.3 Å². The number of hydrogen-bond acceptors (Lipinski definition) is 2. The maximum atomic E-state index is 13.5. The molecule has 0 saturated heterocycles. The van der Waals surface area contributed by atoms with Gasteiger partial charge in [-0.15, -0.1) is 0 Å². The van der Waals surface area contributed by atoms with Crippen molar-refractivity contribution in [3.63, 3.8) is 0 Å². The molecule has 0 aliphatic rings. The Morgan fingerprint density at radius 3 is 2.47 bits per heavy atom. The first-order valence-electron chi connectivity index (χ1n) is 5.05. The minimum absolute atomic E-state index is 0.0331. The first-order valence-corrected chi connectivity index (χ1v) is 6.22. The number of benzene rings is 1. The van der Waals surface area contributed by atoms with E-state index in [-0.39, 0.29) is 10.2 Å². The molecule has 0 spiro atoms. The average Bonchev–Trinajstić information content (AvgIpc) is 2.33. The number of nitrogens with one attached hydrogen (secondary N) is 1. The zero-order valence-electron chi connectivity index (χ0n) is 9.25. The van der Waals surface area contributed by atoms with E-state index < -0.39 is 23.2 Å². The Labute approximate surface area is 120 Å². The number of aromatic nitrogens is 1. The molecular weight excluding hydrogens is 341 g/mol. The normalized spacial score (nSPS) is 10.3. The number of pyridine rings is 1. The van der Waals surface area contributed by atoms with Gasteiger partial charge < -0.3 is 5.32 Å². The number of hydrogen-bond donors (Lipinski definition) is 1.